The van der Waals surface area contributed by atoms with E-state index in [2.05, 4.69) is 35.1 Å². The summed E-state index contributed by atoms with van der Waals surface area (Å²) in [6, 6.07) is 4.07. The second-order valence-corrected chi connectivity index (χ2v) is 4.96. The van der Waals surface area contributed by atoms with Gasteiger partial charge in [0, 0.05) is 10.6 Å². The summed E-state index contributed by atoms with van der Waals surface area (Å²) in [5.41, 5.74) is 1.14. The molecule has 1 aromatic rings. The molecule has 2 rings (SSSR count). The van der Waals surface area contributed by atoms with Crippen molar-refractivity contribution in [1.29, 1.82) is 0 Å². The van der Waals surface area contributed by atoms with Crippen LogP contribution >= 0.6 is 27.5 Å². The number of nitrogens with one attached hydrogen (secondary N) is 1. The summed E-state index contributed by atoms with van der Waals surface area (Å²) in [6.07, 6.45) is 0.148. The van der Waals surface area contributed by atoms with Gasteiger partial charge in [-0.1, -0.05) is 18.5 Å². The zero-order chi connectivity index (χ0) is 11.0. The molecule has 0 bridgehead atoms. The molecule has 2 atom stereocenters. The molecular weight excluding hydrogens is 277 g/mol. The van der Waals surface area contributed by atoms with Crippen LogP contribution in [0.4, 0.5) is 0 Å². The van der Waals surface area contributed by atoms with Gasteiger partial charge in [0.25, 0.3) is 0 Å². The molecule has 0 amide bonds. The molecule has 0 aromatic heterocycles. The van der Waals surface area contributed by atoms with Crippen molar-refractivity contribution in [3.05, 3.63) is 27.2 Å². The molecule has 2 unspecified atom stereocenters. The Morgan fingerprint density at radius 3 is 2.93 bits per heavy atom. The van der Waals surface area contributed by atoms with E-state index in [9.17, 15) is 0 Å². The molecule has 82 valence electrons. The predicted octanol–water partition coefficient (Wildman–Crippen LogP) is 3.53. The van der Waals surface area contributed by atoms with Crippen LogP contribution in [-0.4, -0.2) is 12.6 Å². The third-order valence-electron chi connectivity index (χ3n) is 2.57. The summed E-state index contributed by atoms with van der Waals surface area (Å²) in [4.78, 5) is 0. The Morgan fingerprint density at radius 2 is 2.27 bits per heavy atom. The Morgan fingerprint density at radius 1 is 1.53 bits per heavy atom. The lowest BCUT2D eigenvalue weighted by atomic mass is 10.0. The van der Waals surface area contributed by atoms with Crippen LogP contribution in [0.2, 0.25) is 5.02 Å². The molecule has 1 heterocycles. The molecule has 0 radical (unpaired) electrons. The minimum absolute atomic E-state index is 0.148. The maximum absolute atomic E-state index is 6.03. The first kappa shape index (κ1) is 11.2. The lowest BCUT2D eigenvalue weighted by molar-refractivity contribution is 0.210. The van der Waals surface area contributed by atoms with E-state index in [1.54, 1.807) is 0 Å². The Kier molecular flexibility index (Phi) is 3.24. The number of benzene rings is 1. The van der Waals surface area contributed by atoms with Gasteiger partial charge in [-0.25, -0.2) is 0 Å². The zero-order valence-corrected chi connectivity index (χ0v) is 11.0. The van der Waals surface area contributed by atoms with E-state index in [1.165, 1.54) is 0 Å². The molecule has 15 heavy (non-hydrogen) atoms. The van der Waals surface area contributed by atoms with Gasteiger partial charge < -0.3 is 10.1 Å². The van der Waals surface area contributed by atoms with Crippen LogP contribution in [0.25, 0.3) is 0 Å². The van der Waals surface area contributed by atoms with Crippen molar-refractivity contribution in [2.24, 2.45) is 0 Å². The summed E-state index contributed by atoms with van der Waals surface area (Å²) in [7, 11) is 0. The molecular formula is C11H13BrClNO. The van der Waals surface area contributed by atoms with Crippen LogP contribution < -0.4 is 10.1 Å². The van der Waals surface area contributed by atoms with Crippen molar-refractivity contribution in [2.75, 3.05) is 6.54 Å². The van der Waals surface area contributed by atoms with Gasteiger partial charge in [0.05, 0.1) is 10.5 Å². The van der Waals surface area contributed by atoms with Gasteiger partial charge >= 0.3 is 0 Å². The molecule has 0 saturated heterocycles. The zero-order valence-electron chi connectivity index (χ0n) is 8.68. The second-order valence-electron chi connectivity index (χ2n) is 3.66. The molecule has 0 fully saturated rings. The topological polar surface area (TPSA) is 21.3 Å². The summed E-state index contributed by atoms with van der Waals surface area (Å²) in [6.45, 7) is 5.07. The molecule has 0 saturated carbocycles. The Labute approximate surface area is 103 Å². The number of halogens is 2. The van der Waals surface area contributed by atoms with Crippen molar-refractivity contribution in [1.82, 2.24) is 5.32 Å². The SMILES string of the molecule is CCNC1c2cc(Cl)cc(Br)c2OC1C. The van der Waals surface area contributed by atoms with Crippen molar-refractivity contribution in [3.8, 4) is 5.75 Å². The van der Waals surface area contributed by atoms with E-state index in [0.29, 0.717) is 0 Å². The molecule has 1 aliphatic rings. The number of fused-ring (bicyclic) bond motifs is 1. The van der Waals surface area contributed by atoms with E-state index in [1.807, 2.05) is 12.1 Å². The first-order valence-electron chi connectivity index (χ1n) is 5.02. The molecule has 4 heteroatoms. The molecule has 0 aliphatic carbocycles. The molecule has 0 spiro atoms. The standard InChI is InChI=1S/C11H13BrClNO/c1-3-14-10-6(2)15-11-8(10)4-7(13)5-9(11)12/h4-6,10,14H,3H2,1-2H3. The van der Waals surface area contributed by atoms with Crippen molar-refractivity contribution in [3.63, 3.8) is 0 Å². The number of likely N-dealkylation sites (N-methyl/N-ethyl adjacent to an activating group) is 1. The van der Waals surface area contributed by atoms with Gasteiger partial charge in [-0.05, 0) is 41.5 Å². The molecule has 1 aromatic carbocycles. The fourth-order valence-corrected chi connectivity index (χ4v) is 2.87. The quantitative estimate of drug-likeness (QED) is 0.899. The monoisotopic (exact) mass is 289 g/mol. The summed E-state index contributed by atoms with van der Waals surface area (Å²) in [5.74, 6) is 0.915. The van der Waals surface area contributed by atoms with Gasteiger partial charge in [-0.15, -0.1) is 0 Å². The van der Waals surface area contributed by atoms with E-state index in [4.69, 9.17) is 16.3 Å². The van der Waals surface area contributed by atoms with Gasteiger partial charge in [-0.2, -0.15) is 0 Å². The Balaban J connectivity index is 2.43. The van der Waals surface area contributed by atoms with E-state index in [-0.39, 0.29) is 12.1 Å². The van der Waals surface area contributed by atoms with Crippen LogP contribution in [0, 0.1) is 0 Å². The summed E-state index contributed by atoms with van der Waals surface area (Å²) < 4.78 is 6.72. The Hall–Kier alpha value is -0.250. The first-order chi connectivity index (χ1) is 7.13. The lowest BCUT2D eigenvalue weighted by Gasteiger charge is -2.15. The minimum Gasteiger partial charge on any atom is -0.487 e. The van der Waals surface area contributed by atoms with Gasteiger partial charge in [-0.3, -0.25) is 0 Å². The second kappa shape index (κ2) is 4.32. The maximum atomic E-state index is 6.03. The third-order valence-corrected chi connectivity index (χ3v) is 3.38. The highest BCUT2D eigenvalue weighted by Crippen LogP contribution is 2.43. The number of rotatable bonds is 2. The van der Waals surface area contributed by atoms with Gasteiger partial charge in [0.15, 0.2) is 0 Å². The highest BCUT2D eigenvalue weighted by atomic mass is 79.9. The van der Waals surface area contributed by atoms with Crippen LogP contribution in [-0.2, 0) is 0 Å². The molecule has 1 aliphatic heterocycles. The van der Waals surface area contributed by atoms with E-state index < -0.39 is 0 Å². The fourth-order valence-electron chi connectivity index (χ4n) is 1.94. The van der Waals surface area contributed by atoms with E-state index in [0.717, 1.165) is 27.4 Å². The molecule has 1 N–H and O–H groups in total. The smallest absolute Gasteiger partial charge is 0.139 e. The first-order valence-corrected chi connectivity index (χ1v) is 6.19. The Bertz CT molecular complexity index is 383. The molecule has 2 nitrogen and oxygen atoms in total. The van der Waals surface area contributed by atoms with Crippen LogP contribution in [0.5, 0.6) is 5.75 Å². The maximum Gasteiger partial charge on any atom is 0.139 e. The van der Waals surface area contributed by atoms with Crippen LogP contribution in [0.3, 0.4) is 0 Å². The third kappa shape index (κ3) is 2.01. The van der Waals surface area contributed by atoms with Crippen molar-refractivity contribution >= 4 is 27.5 Å². The van der Waals surface area contributed by atoms with Crippen LogP contribution in [0.15, 0.2) is 16.6 Å². The number of ether oxygens (including phenoxy) is 1. The summed E-state index contributed by atoms with van der Waals surface area (Å²) >= 11 is 9.50. The predicted molar refractivity (Wildman–Crippen MR) is 65.7 cm³/mol. The highest BCUT2D eigenvalue weighted by Gasteiger charge is 2.32. The summed E-state index contributed by atoms with van der Waals surface area (Å²) in [5, 5.41) is 4.14. The van der Waals surface area contributed by atoms with Crippen molar-refractivity contribution in [2.45, 2.75) is 26.0 Å². The number of hydrogen-bond acceptors (Lipinski definition) is 2. The normalized spacial score (nSPS) is 23.7. The average Bonchev–Trinajstić information content (AvgIpc) is 2.46. The number of hydrogen-bond donors (Lipinski definition) is 1. The van der Waals surface area contributed by atoms with Gasteiger partial charge in [0.2, 0.25) is 0 Å². The van der Waals surface area contributed by atoms with Crippen LogP contribution in [0.1, 0.15) is 25.5 Å². The fraction of sp³-hybridized carbons (Fsp3) is 0.455. The lowest BCUT2D eigenvalue weighted by Crippen LogP contribution is -2.28. The minimum atomic E-state index is 0.148. The van der Waals surface area contributed by atoms with E-state index >= 15 is 0 Å². The van der Waals surface area contributed by atoms with Gasteiger partial charge in [0.1, 0.15) is 11.9 Å². The van der Waals surface area contributed by atoms with Crippen molar-refractivity contribution < 1.29 is 4.74 Å². The largest absolute Gasteiger partial charge is 0.487 e. The highest BCUT2D eigenvalue weighted by molar-refractivity contribution is 9.10. The average molecular weight is 291 g/mol.